The number of benzene rings is 2. The number of rotatable bonds is 1. The topological polar surface area (TPSA) is 48.9 Å². The maximum absolute atomic E-state index is 8.65. The molecule has 0 aliphatic carbocycles. The molecule has 19 heavy (non-hydrogen) atoms. The van der Waals surface area contributed by atoms with Crippen LogP contribution in [-0.2, 0) is 0 Å². The van der Waals surface area contributed by atoms with Crippen LogP contribution in [0.3, 0.4) is 0 Å². The van der Waals surface area contributed by atoms with E-state index in [2.05, 4.69) is 21.8 Å². The number of aromatic nitrogens is 2. The highest BCUT2D eigenvalue weighted by Gasteiger charge is 2.03. The summed E-state index contributed by atoms with van der Waals surface area (Å²) in [7, 11) is 0. The molecule has 3 heteroatoms. The molecule has 0 unspecified atom stereocenters. The predicted octanol–water partition coefficient (Wildman–Crippen LogP) is 2.57. The number of nitrogens with zero attached hydrogens (tertiary/aromatic N) is 1. The van der Waals surface area contributed by atoms with E-state index in [-0.39, 0.29) is 6.61 Å². The average Bonchev–Trinajstić information content (AvgIpc) is 2.89. The predicted molar refractivity (Wildman–Crippen MR) is 75.5 cm³/mol. The minimum absolute atomic E-state index is 0.120. The van der Waals surface area contributed by atoms with Gasteiger partial charge in [-0.2, -0.15) is 0 Å². The third kappa shape index (κ3) is 2.35. The zero-order valence-electron chi connectivity index (χ0n) is 10.2. The molecule has 2 aromatic carbocycles. The maximum Gasteiger partial charge on any atom is 0.138 e. The molecule has 92 valence electrons. The Hall–Kier alpha value is -2.57. The number of imidazole rings is 1. The van der Waals surface area contributed by atoms with Crippen LogP contribution < -0.4 is 0 Å². The summed E-state index contributed by atoms with van der Waals surface area (Å²) in [6, 6.07) is 15.7. The third-order valence-electron chi connectivity index (χ3n) is 2.86. The maximum atomic E-state index is 8.65. The average molecular weight is 248 g/mol. The van der Waals surface area contributed by atoms with Crippen molar-refractivity contribution in [3.05, 3.63) is 54.1 Å². The summed E-state index contributed by atoms with van der Waals surface area (Å²) in [5.74, 6) is 6.35. The molecule has 0 saturated heterocycles. The van der Waals surface area contributed by atoms with Crippen LogP contribution in [0.25, 0.3) is 22.4 Å². The van der Waals surface area contributed by atoms with E-state index in [1.807, 2.05) is 48.5 Å². The molecule has 0 aliphatic rings. The van der Waals surface area contributed by atoms with Gasteiger partial charge in [-0.15, -0.1) is 0 Å². The SMILES string of the molecule is OCC#Cc1ccc(-c2nc3ccccc3[nH]2)cc1. The molecular weight excluding hydrogens is 236 g/mol. The highest BCUT2D eigenvalue weighted by atomic mass is 16.2. The van der Waals surface area contributed by atoms with E-state index in [4.69, 9.17) is 5.11 Å². The Bertz CT molecular complexity index is 728. The van der Waals surface area contributed by atoms with Crippen molar-refractivity contribution in [3.63, 3.8) is 0 Å². The van der Waals surface area contributed by atoms with Crippen molar-refractivity contribution >= 4 is 11.0 Å². The van der Waals surface area contributed by atoms with Gasteiger partial charge in [0.05, 0.1) is 11.0 Å². The Morgan fingerprint density at radius 1 is 1.05 bits per heavy atom. The molecule has 3 nitrogen and oxygen atoms in total. The molecule has 0 spiro atoms. The number of aliphatic hydroxyl groups is 1. The van der Waals surface area contributed by atoms with Crippen molar-refractivity contribution in [3.8, 4) is 23.2 Å². The molecule has 1 heterocycles. The molecule has 0 saturated carbocycles. The van der Waals surface area contributed by atoms with Crippen LogP contribution in [0.15, 0.2) is 48.5 Å². The number of hydrogen-bond donors (Lipinski definition) is 2. The summed E-state index contributed by atoms with van der Waals surface area (Å²) in [5.41, 5.74) is 3.89. The molecular formula is C16H12N2O. The zero-order chi connectivity index (χ0) is 13.1. The van der Waals surface area contributed by atoms with E-state index in [1.165, 1.54) is 0 Å². The van der Waals surface area contributed by atoms with Crippen LogP contribution in [0.2, 0.25) is 0 Å². The van der Waals surface area contributed by atoms with Crippen LogP contribution in [0.4, 0.5) is 0 Å². The van der Waals surface area contributed by atoms with Gasteiger partial charge in [0.15, 0.2) is 0 Å². The van der Waals surface area contributed by atoms with Crippen molar-refractivity contribution < 1.29 is 5.11 Å². The lowest BCUT2D eigenvalue weighted by Gasteiger charge is -1.96. The van der Waals surface area contributed by atoms with E-state index >= 15 is 0 Å². The van der Waals surface area contributed by atoms with Gasteiger partial charge < -0.3 is 10.1 Å². The van der Waals surface area contributed by atoms with Crippen LogP contribution in [0.1, 0.15) is 5.56 Å². The largest absolute Gasteiger partial charge is 0.384 e. The van der Waals surface area contributed by atoms with E-state index in [0.29, 0.717) is 0 Å². The van der Waals surface area contributed by atoms with Crippen molar-refractivity contribution in [1.29, 1.82) is 0 Å². The molecule has 0 amide bonds. The van der Waals surface area contributed by atoms with E-state index in [0.717, 1.165) is 28.0 Å². The van der Waals surface area contributed by atoms with Gasteiger partial charge in [0.1, 0.15) is 12.4 Å². The molecule has 0 aliphatic heterocycles. The zero-order valence-corrected chi connectivity index (χ0v) is 10.2. The molecule has 0 atom stereocenters. The lowest BCUT2D eigenvalue weighted by atomic mass is 10.1. The number of hydrogen-bond acceptors (Lipinski definition) is 2. The lowest BCUT2D eigenvalue weighted by Crippen LogP contribution is -1.81. The summed E-state index contributed by atoms with van der Waals surface area (Å²) in [6.45, 7) is -0.120. The molecule has 2 N–H and O–H groups in total. The van der Waals surface area contributed by atoms with Crippen molar-refractivity contribution in [2.24, 2.45) is 0 Å². The third-order valence-corrected chi connectivity index (χ3v) is 2.86. The van der Waals surface area contributed by atoms with Crippen molar-refractivity contribution in [2.45, 2.75) is 0 Å². The normalized spacial score (nSPS) is 10.2. The number of H-pyrrole nitrogens is 1. The number of nitrogens with one attached hydrogen (secondary N) is 1. The number of aromatic amines is 1. The smallest absolute Gasteiger partial charge is 0.138 e. The second-order valence-electron chi connectivity index (χ2n) is 4.14. The van der Waals surface area contributed by atoms with Crippen molar-refractivity contribution in [1.82, 2.24) is 9.97 Å². The second kappa shape index (κ2) is 4.97. The first-order chi connectivity index (χ1) is 9.36. The van der Waals surface area contributed by atoms with E-state index in [9.17, 15) is 0 Å². The van der Waals surface area contributed by atoms with Crippen LogP contribution >= 0.6 is 0 Å². The second-order valence-corrected chi connectivity index (χ2v) is 4.14. The minimum Gasteiger partial charge on any atom is -0.384 e. The Morgan fingerprint density at radius 3 is 2.58 bits per heavy atom. The Morgan fingerprint density at radius 2 is 1.84 bits per heavy atom. The summed E-state index contributed by atoms with van der Waals surface area (Å²) in [5, 5.41) is 8.65. The summed E-state index contributed by atoms with van der Waals surface area (Å²) < 4.78 is 0. The van der Waals surface area contributed by atoms with Gasteiger partial charge >= 0.3 is 0 Å². The fourth-order valence-corrected chi connectivity index (χ4v) is 1.94. The number of fused-ring (bicyclic) bond motifs is 1. The fraction of sp³-hybridized carbons (Fsp3) is 0.0625. The van der Waals surface area contributed by atoms with Gasteiger partial charge in [-0.25, -0.2) is 4.98 Å². The molecule has 0 radical (unpaired) electrons. The number of para-hydroxylation sites is 2. The van der Waals surface area contributed by atoms with Gasteiger partial charge in [0.25, 0.3) is 0 Å². The van der Waals surface area contributed by atoms with Gasteiger partial charge in [-0.1, -0.05) is 36.1 Å². The minimum atomic E-state index is -0.120. The quantitative estimate of drug-likeness (QED) is 0.650. The van der Waals surface area contributed by atoms with E-state index in [1.54, 1.807) is 0 Å². The Kier molecular flexibility index (Phi) is 3.01. The van der Waals surface area contributed by atoms with Gasteiger partial charge in [-0.05, 0) is 24.3 Å². The summed E-state index contributed by atoms with van der Waals surface area (Å²) in [6.07, 6.45) is 0. The molecule has 0 fully saturated rings. The fourth-order valence-electron chi connectivity index (χ4n) is 1.94. The first kappa shape index (κ1) is 11.5. The van der Waals surface area contributed by atoms with Gasteiger partial charge in [0.2, 0.25) is 0 Å². The molecule has 1 aromatic heterocycles. The first-order valence-corrected chi connectivity index (χ1v) is 6.02. The highest BCUT2D eigenvalue weighted by Crippen LogP contribution is 2.20. The standard InChI is InChI=1S/C16H12N2O/c19-11-3-4-12-7-9-13(10-8-12)16-17-14-5-1-2-6-15(14)18-16/h1-2,5-10,19H,11H2,(H,17,18). The molecule has 3 rings (SSSR count). The highest BCUT2D eigenvalue weighted by molar-refractivity contribution is 5.79. The Balaban J connectivity index is 1.97. The van der Waals surface area contributed by atoms with Gasteiger partial charge in [-0.3, -0.25) is 0 Å². The number of aliphatic hydroxyl groups excluding tert-OH is 1. The van der Waals surface area contributed by atoms with Crippen molar-refractivity contribution in [2.75, 3.05) is 6.61 Å². The lowest BCUT2D eigenvalue weighted by molar-refractivity contribution is 0.350. The van der Waals surface area contributed by atoms with Gasteiger partial charge in [0, 0.05) is 11.1 Å². The molecule has 0 bridgehead atoms. The van der Waals surface area contributed by atoms with Crippen LogP contribution in [-0.4, -0.2) is 21.7 Å². The monoisotopic (exact) mass is 248 g/mol. The first-order valence-electron chi connectivity index (χ1n) is 6.02. The van der Waals surface area contributed by atoms with E-state index < -0.39 is 0 Å². The van der Waals surface area contributed by atoms with Crippen LogP contribution in [0, 0.1) is 11.8 Å². The summed E-state index contributed by atoms with van der Waals surface area (Å²) in [4.78, 5) is 7.83. The summed E-state index contributed by atoms with van der Waals surface area (Å²) >= 11 is 0. The molecule has 3 aromatic rings. The Labute approximate surface area is 110 Å². The van der Waals surface area contributed by atoms with Crippen LogP contribution in [0.5, 0.6) is 0 Å².